The predicted molar refractivity (Wildman–Crippen MR) is 106 cm³/mol. The van der Waals surface area contributed by atoms with Crippen molar-refractivity contribution in [3.8, 4) is 0 Å². The molecule has 0 radical (unpaired) electrons. The molecular weight excluding hydrogens is 341 g/mol. The second kappa shape index (κ2) is 6.78. The fourth-order valence-electron chi connectivity index (χ4n) is 4.10. The molecule has 0 atom stereocenters. The third-order valence-electron chi connectivity index (χ3n) is 5.71. The fourth-order valence-corrected chi connectivity index (χ4v) is 4.10. The summed E-state index contributed by atoms with van der Waals surface area (Å²) in [6.07, 6.45) is 1.66. The van der Waals surface area contributed by atoms with Crippen molar-refractivity contribution in [2.45, 2.75) is 6.04 Å². The second-order valence-electron chi connectivity index (χ2n) is 7.27. The van der Waals surface area contributed by atoms with Gasteiger partial charge in [-0.05, 0) is 36.4 Å². The molecule has 0 aliphatic carbocycles. The molecule has 2 aromatic carbocycles. The molecule has 3 heterocycles. The number of halogens is 1. The molecule has 2 fully saturated rings. The Morgan fingerprint density at radius 2 is 1.56 bits per heavy atom. The van der Waals surface area contributed by atoms with E-state index < -0.39 is 0 Å². The number of fused-ring (bicyclic) bond motifs is 1. The van der Waals surface area contributed by atoms with Gasteiger partial charge in [0, 0.05) is 56.4 Å². The van der Waals surface area contributed by atoms with E-state index in [2.05, 4.69) is 30.7 Å². The molecule has 2 saturated heterocycles. The summed E-state index contributed by atoms with van der Waals surface area (Å²) in [4.78, 5) is 16.1. The van der Waals surface area contributed by atoms with Crippen molar-refractivity contribution in [3.63, 3.8) is 0 Å². The van der Waals surface area contributed by atoms with Crippen LogP contribution in [0.5, 0.6) is 0 Å². The van der Waals surface area contributed by atoms with Crippen LogP contribution in [0.2, 0.25) is 0 Å². The Labute approximate surface area is 158 Å². The summed E-state index contributed by atoms with van der Waals surface area (Å²) in [5, 5.41) is 1.12. The minimum Gasteiger partial charge on any atom is -0.369 e. The Morgan fingerprint density at radius 3 is 2.33 bits per heavy atom. The van der Waals surface area contributed by atoms with Crippen LogP contribution in [0.1, 0.15) is 0 Å². The molecule has 0 unspecified atom stereocenters. The van der Waals surface area contributed by atoms with E-state index in [1.54, 1.807) is 6.33 Å². The van der Waals surface area contributed by atoms with Crippen molar-refractivity contribution < 1.29 is 4.39 Å². The molecule has 5 rings (SSSR count). The van der Waals surface area contributed by atoms with Gasteiger partial charge in [-0.2, -0.15) is 0 Å². The first-order valence-corrected chi connectivity index (χ1v) is 9.47. The van der Waals surface area contributed by atoms with Gasteiger partial charge in [-0.1, -0.05) is 12.1 Å². The van der Waals surface area contributed by atoms with E-state index in [-0.39, 0.29) is 5.82 Å². The maximum Gasteiger partial charge on any atom is 0.139 e. The Kier molecular flexibility index (Phi) is 4.13. The summed E-state index contributed by atoms with van der Waals surface area (Å²) < 4.78 is 13.1. The lowest BCUT2D eigenvalue weighted by molar-refractivity contribution is 0.157. The molecule has 5 nitrogen and oxygen atoms in total. The first-order chi connectivity index (χ1) is 13.3. The van der Waals surface area contributed by atoms with Crippen molar-refractivity contribution in [2.24, 2.45) is 0 Å². The normalized spacial score (nSPS) is 18.7. The molecule has 27 heavy (non-hydrogen) atoms. The molecule has 0 N–H and O–H groups in total. The van der Waals surface area contributed by atoms with Gasteiger partial charge in [0.1, 0.15) is 18.0 Å². The van der Waals surface area contributed by atoms with Gasteiger partial charge < -0.3 is 9.80 Å². The number of para-hydroxylation sites is 1. The van der Waals surface area contributed by atoms with E-state index in [0.29, 0.717) is 6.04 Å². The largest absolute Gasteiger partial charge is 0.369 e. The molecular formula is C21H22FN5. The number of anilines is 2. The van der Waals surface area contributed by atoms with Crippen LogP contribution in [0.3, 0.4) is 0 Å². The number of benzene rings is 2. The van der Waals surface area contributed by atoms with Crippen molar-refractivity contribution in [2.75, 3.05) is 49.1 Å². The molecule has 2 aliphatic rings. The number of piperazine rings is 1. The molecule has 0 saturated carbocycles. The second-order valence-corrected chi connectivity index (χ2v) is 7.27. The van der Waals surface area contributed by atoms with Crippen LogP contribution < -0.4 is 9.80 Å². The number of nitrogens with zero attached hydrogens (tertiary/aromatic N) is 5. The van der Waals surface area contributed by atoms with Crippen LogP contribution >= 0.6 is 0 Å². The molecule has 1 aromatic heterocycles. The lowest BCUT2D eigenvalue weighted by Crippen LogP contribution is -2.63. The highest BCUT2D eigenvalue weighted by Gasteiger charge is 2.34. The Morgan fingerprint density at radius 1 is 0.815 bits per heavy atom. The lowest BCUT2D eigenvalue weighted by atomic mass is 10.0. The van der Waals surface area contributed by atoms with Gasteiger partial charge in [-0.3, -0.25) is 4.90 Å². The van der Waals surface area contributed by atoms with E-state index >= 15 is 0 Å². The van der Waals surface area contributed by atoms with Gasteiger partial charge in [-0.15, -0.1) is 0 Å². The number of hydrogen-bond donors (Lipinski definition) is 0. The SMILES string of the molecule is Fc1ccc(N2CCN(C3CN(c4ncnc5ccccc45)C3)CC2)cc1. The minimum absolute atomic E-state index is 0.177. The average Bonchev–Trinajstić information content (AvgIpc) is 2.68. The third kappa shape index (κ3) is 3.10. The van der Waals surface area contributed by atoms with Gasteiger partial charge in [0.25, 0.3) is 0 Å². The summed E-state index contributed by atoms with van der Waals surface area (Å²) in [5.41, 5.74) is 2.11. The Hall–Kier alpha value is -2.73. The van der Waals surface area contributed by atoms with E-state index in [1.165, 1.54) is 12.1 Å². The van der Waals surface area contributed by atoms with Gasteiger partial charge in [0.05, 0.1) is 5.52 Å². The molecule has 0 amide bonds. The maximum atomic E-state index is 13.1. The zero-order valence-corrected chi connectivity index (χ0v) is 15.1. The monoisotopic (exact) mass is 363 g/mol. The first kappa shape index (κ1) is 16.4. The highest BCUT2D eigenvalue weighted by molar-refractivity contribution is 5.89. The van der Waals surface area contributed by atoms with Crippen molar-refractivity contribution in [1.29, 1.82) is 0 Å². The van der Waals surface area contributed by atoms with Crippen LogP contribution in [0.25, 0.3) is 10.9 Å². The first-order valence-electron chi connectivity index (χ1n) is 9.47. The minimum atomic E-state index is -0.177. The van der Waals surface area contributed by atoms with E-state index in [4.69, 9.17) is 0 Å². The van der Waals surface area contributed by atoms with Crippen molar-refractivity contribution >= 4 is 22.4 Å². The van der Waals surface area contributed by atoms with Crippen LogP contribution in [0.4, 0.5) is 15.9 Å². The topological polar surface area (TPSA) is 35.5 Å². The highest BCUT2D eigenvalue weighted by Crippen LogP contribution is 2.29. The van der Waals surface area contributed by atoms with Gasteiger partial charge in [0.2, 0.25) is 0 Å². The third-order valence-corrected chi connectivity index (χ3v) is 5.71. The smallest absolute Gasteiger partial charge is 0.139 e. The molecule has 0 bridgehead atoms. The van der Waals surface area contributed by atoms with Crippen molar-refractivity contribution in [1.82, 2.24) is 14.9 Å². The van der Waals surface area contributed by atoms with E-state index in [0.717, 1.165) is 61.7 Å². The molecule has 0 spiro atoms. The molecule has 6 heteroatoms. The number of rotatable bonds is 3. The number of hydrogen-bond acceptors (Lipinski definition) is 5. The number of aromatic nitrogens is 2. The molecule has 138 valence electrons. The van der Waals surface area contributed by atoms with Gasteiger partial charge >= 0.3 is 0 Å². The summed E-state index contributed by atoms with van der Waals surface area (Å²) >= 11 is 0. The lowest BCUT2D eigenvalue weighted by Gasteiger charge is -2.49. The summed E-state index contributed by atoms with van der Waals surface area (Å²) in [6.45, 7) is 6.08. The predicted octanol–water partition coefficient (Wildman–Crippen LogP) is 2.78. The van der Waals surface area contributed by atoms with E-state index in [1.807, 2.05) is 30.3 Å². The highest BCUT2D eigenvalue weighted by atomic mass is 19.1. The summed E-state index contributed by atoms with van der Waals surface area (Å²) in [6, 6.07) is 15.6. The average molecular weight is 363 g/mol. The Bertz CT molecular complexity index is 925. The summed E-state index contributed by atoms with van der Waals surface area (Å²) in [7, 11) is 0. The summed E-state index contributed by atoms with van der Waals surface area (Å²) in [5.74, 6) is 0.867. The molecule has 2 aliphatic heterocycles. The zero-order chi connectivity index (χ0) is 18.2. The van der Waals surface area contributed by atoms with Crippen LogP contribution in [-0.2, 0) is 0 Å². The zero-order valence-electron chi connectivity index (χ0n) is 15.1. The van der Waals surface area contributed by atoms with Crippen LogP contribution in [0, 0.1) is 5.82 Å². The van der Waals surface area contributed by atoms with Gasteiger partial charge in [-0.25, -0.2) is 14.4 Å². The van der Waals surface area contributed by atoms with Gasteiger partial charge in [0.15, 0.2) is 0 Å². The fraction of sp³-hybridized carbons (Fsp3) is 0.333. The van der Waals surface area contributed by atoms with Crippen molar-refractivity contribution in [3.05, 3.63) is 60.7 Å². The quantitative estimate of drug-likeness (QED) is 0.715. The van der Waals surface area contributed by atoms with E-state index in [9.17, 15) is 4.39 Å². The van der Waals surface area contributed by atoms with Crippen LogP contribution in [-0.4, -0.2) is 60.2 Å². The Balaban J connectivity index is 1.20. The molecule has 3 aromatic rings. The van der Waals surface area contributed by atoms with Crippen LogP contribution in [0.15, 0.2) is 54.9 Å². The standard InChI is InChI=1S/C21H22FN5/c22-16-5-7-17(8-6-16)25-9-11-26(12-10-25)18-13-27(14-18)21-19-3-1-2-4-20(19)23-15-24-21/h1-8,15,18H,9-14H2. The maximum absolute atomic E-state index is 13.1.